The molecule has 5 nitrogen and oxygen atoms in total. The van der Waals surface area contributed by atoms with Crippen LogP contribution in [0.25, 0.3) is 22.3 Å². The third-order valence-electron chi connectivity index (χ3n) is 3.93. The summed E-state index contributed by atoms with van der Waals surface area (Å²) in [6.07, 6.45) is 0. The lowest BCUT2D eigenvalue weighted by Gasteiger charge is -2.02. The smallest absolute Gasteiger partial charge is 0.272 e. The molecule has 0 aliphatic carbocycles. The van der Waals surface area contributed by atoms with E-state index in [-0.39, 0.29) is 5.91 Å². The molecule has 0 unspecified atom stereocenters. The van der Waals surface area contributed by atoms with Gasteiger partial charge in [-0.3, -0.25) is 9.89 Å². The zero-order valence-corrected chi connectivity index (χ0v) is 12.9. The number of fused-ring (bicyclic) bond motifs is 1. The van der Waals surface area contributed by atoms with Gasteiger partial charge >= 0.3 is 0 Å². The van der Waals surface area contributed by atoms with Crippen LogP contribution in [-0.4, -0.2) is 21.1 Å². The summed E-state index contributed by atoms with van der Waals surface area (Å²) in [5.74, 6) is -0.197. The number of hydrogen-bond donors (Lipinski definition) is 3. The molecule has 3 N–H and O–H groups in total. The van der Waals surface area contributed by atoms with Crippen LogP contribution in [0.3, 0.4) is 0 Å². The number of H-pyrrole nitrogens is 2. The van der Waals surface area contributed by atoms with E-state index < -0.39 is 0 Å². The van der Waals surface area contributed by atoms with Crippen LogP contribution in [0.2, 0.25) is 0 Å². The molecule has 0 aliphatic heterocycles. The van der Waals surface area contributed by atoms with Crippen LogP contribution in [0, 0.1) is 0 Å². The van der Waals surface area contributed by atoms with Gasteiger partial charge in [-0.15, -0.1) is 0 Å². The molecule has 2 aromatic carbocycles. The average molecular weight is 316 g/mol. The van der Waals surface area contributed by atoms with Gasteiger partial charge in [-0.2, -0.15) is 5.10 Å². The lowest BCUT2D eigenvalue weighted by Crippen LogP contribution is -2.23. The van der Waals surface area contributed by atoms with Gasteiger partial charge in [0.1, 0.15) is 0 Å². The fraction of sp³-hybridized carbons (Fsp3) is 0.0526. The Hall–Kier alpha value is -3.34. The van der Waals surface area contributed by atoms with Crippen LogP contribution < -0.4 is 5.32 Å². The Bertz CT molecular complexity index is 952. The number of amides is 1. The van der Waals surface area contributed by atoms with E-state index in [0.717, 1.165) is 27.9 Å². The molecule has 4 aromatic rings. The molecule has 0 aliphatic rings. The molecule has 0 saturated heterocycles. The van der Waals surface area contributed by atoms with E-state index in [9.17, 15) is 4.79 Å². The van der Waals surface area contributed by atoms with Crippen molar-refractivity contribution in [2.75, 3.05) is 0 Å². The zero-order chi connectivity index (χ0) is 16.4. The standard InChI is InChI=1S/C19H16N4O/c24-19(20-12-13-6-2-1-3-7-13)18-11-17(22-23-18)16-10-14-8-4-5-9-15(14)21-16/h1-11,21H,12H2,(H,20,24)(H,22,23). The average Bonchev–Trinajstić information content (AvgIpc) is 3.27. The van der Waals surface area contributed by atoms with Crippen molar-refractivity contribution in [1.29, 1.82) is 0 Å². The monoisotopic (exact) mass is 316 g/mol. The number of carbonyl (C=O) groups is 1. The molecule has 5 heteroatoms. The summed E-state index contributed by atoms with van der Waals surface area (Å²) in [6, 6.07) is 21.6. The highest BCUT2D eigenvalue weighted by Crippen LogP contribution is 2.22. The normalized spacial score (nSPS) is 10.8. The molecule has 4 rings (SSSR count). The maximum Gasteiger partial charge on any atom is 0.272 e. The molecule has 0 spiro atoms. The van der Waals surface area contributed by atoms with Crippen LogP contribution in [0.15, 0.2) is 66.7 Å². The van der Waals surface area contributed by atoms with Gasteiger partial charge in [0.15, 0.2) is 5.69 Å². The first-order chi connectivity index (χ1) is 11.8. The molecule has 0 radical (unpaired) electrons. The first kappa shape index (κ1) is 14.3. The number of nitrogens with zero attached hydrogens (tertiary/aromatic N) is 1. The first-order valence-corrected chi connectivity index (χ1v) is 7.75. The maximum atomic E-state index is 12.2. The van der Waals surface area contributed by atoms with Crippen molar-refractivity contribution in [3.63, 3.8) is 0 Å². The largest absolute Gasteiger partial charge is 0.353 e. The lowest BCUT2D eigenvalue weighted by atomic mass is 10.2. The minimum Gasteiger partial charge on any atom is -0.353 e. The Morgan fingerprint density at radius 3 is 2.58 bits per heavy atom. The molecule has 2 aromatic heterocycles. The Balaban J connectivity index is 1.50. The quantitative estimate of drug-likeness (QED) is 0.539. The second kappa shape index (κ2) is 6.04. The number of carbonyl (C=O) groups excluding carboxylic acids is 1. The Labute approximate surface area is 138 Å². The van der Waals surface area contributed by atoms with E-state index in [1.165, 1.54) is 0 Å². The first-order valence-electron chi connectivity index (χ1n) is 7.75. The number of aromatic amines is 2. The molecule has 118 valence electrons. The summed E-state index contributed by atoms with van der Waals surface area (Å²) in [7, 11) is 0. The predicted molar refractivity (Wildman–Crippen MR) is 93.5 cm³/mol. The van der Waals surface area contributed by atoms with E-state index in [1.54, 1.807) is 6.07 Å². The number of rotatable bonds is 4. The van der Waals surface area contributed by atoms with Crippen LogP contribution in [0.5, 0.6) is 0 Å². The molecule has 1 amide bonds. The Kier molecular flexibility index (Phi) is 3.59. The Morgan fingerprint density at radius 2 is 1.75 bits per heavy atom. The maximum absolute atomic E-state index is 12.2. The topological polar surface area (TPSA) is 73.6 Å². The fourth-order valence-corrected chi connectivity index (χ4v) is 2.66. The second-order valence-corrected chi connectivity index (χ2v) is 5.61. The van der Waals surface area contributed by atoms with Crippen molar-refractivity contribution in [3.05, 3.63) is 78.0 Å². The molecular formula is C19H16N4O. The van der Waals surface area contributed by atoms with Crippen molar-refractivity contribution >= 4 is 16.8 Å². The van der Waals surface area contributed by atoms with Gasteiger partial charge in [0, 0.05) is 17.4 Å². The van der Waals surface area contributed by atoms with E-state index in [1.807, 2.05) is 60.7 Å². The fourth-order valence-electron chi connectivity index (χ4n) is 2.66. The number of para-hydroxylation sites is 1. The highest BCUT2D eigenvalue weighted by molar-refractivity contribution is 5.93. The van der Waals surface area contributed by atoms with Crippen LogP contribution >= 0.6 is 0 Å². The van der Waals surface area contributed by atoms with Gasteiger partial charge < -0.3 is 10.3 Å². The van der Waals surface area contributed by atoms with Crippen LogP contribution in [-0.2, 0) is 6.54 Å². The molecule has 2 heterocycles. The predicted octanol–water partition coefficient (Wildman–Crippen LogP) is 3.49. The number of hydrogen-bond acceptors (Lipinski definition) is 2. The minimum atomic E-state index is -0.197. The van der Waals surface area contributed by atoms with Gasteiger partial charge in [0.05, 0.1) is 11.4 Å². The van der Waals surface area contributed by atoms with E-state index in [2.05, 4.69) is 20.5 Å². The summed E-state index contributed by atoms with van der Waals surface area (Å²) in [5, 5.41) is 11.0. The summed E-state index contributed by atoms with van der Waals surface area (Å²) in [4.78, 5) is 15.5. The minimum absolute atomic E-state index is 0.197. The third-order valence-corrected chi connectivity index (χ3v) is 3.93. The number of benzene rings is 2. The van der Waals surface area contributed by atoms with Gasteiger partial charge in [0.2, 0.25) is 0 Å². The zero-order valence-electron chi connectivity index (χ0n) is 12.9. The highest BCUT2D eigenvalue weighted by Gasteiger charge is 2.12. The highest BCUT2D eigenvalue weighted by atomic mass is 16.1. The van der Waals surface area contributed by atoms with Crippen LogP contribution in [0.4, 0.5) is 0 Å². The summed E-state index contributed by atoms with van der Waals surface area (Å²) < 4.78 is 0. The van der Waals surface area contributed by atoms with Crippen molar-refractivity contribution in [2.45, 2.75) is 6.54 Å². The van der Waals surface area contributed by atoms with E-state index in [0.29, 0.717) is 12.2 Å². The molecular weight excluding hydrogens is 300 g/mol. The molecule has 0 fully saturated rings. The van der Waals surface area contributed by atoms with Gasteiger partial charge in [-0.25, -0.2) is 0 Å². The molecule has 0 saturated carbocycles. The summed E-state index contributed by atoms with van der Waals surface area (Å²) in [6.45, 7) is 0.480. The van der Waals surface area contributed by atoms with Gasteiger partial charge in [0.25, 0.3) is 5.91 Å². The SMILES string of the molecule is O=C(NCc1ccccc1)c1cc(-c2cc3ccccc3[nH]2)[nH]n1. The second-order valence-electron chi connectivity index (χ2n) is 5.61. The van der Waals surface area contributed by atoms with Crippen molar-refractivity contribution < 1.29 is 4.79 Å². The molecule has 0 atom stereocenters. The van der Waals surface area contributed by atoms with Gasteiger partial charge in [-0.1, -0.05) is 48.5 Å². The van der Waals surface area contributed by atoms with Gasteiger partial charge in [-0.05, 0) is 23.8 Å². The summed E-state index contributed by atoms with van der Waals surface area (Å²) >= 11 is 0. The Morgan fingerprint density at radius 1 is 0.958 bits per heavy atom. The van der Waals surface area contributed by atoms with Crippen molar-refractivity contribution in [2.24, 2.45) is 0 Å². The number of nitrogens with one attached hydrogen (secondary N) is 3. The number of aromatic nitrogens is 3. The van der Waals surface area contributed by atoms with Crippen molar-refractivity contribution in [1.82, 2.24) is 20.5 Å². The van der Waals surface area contributed by atoms with E-state index >= 15 is 0 Å². The van der Waals surface area contributed by atoms with Crippen LogP contribution in [0.1, 0.15) is 16.1 Å². The molecule has 0 bridgehead atoms. The summed E-state index contributed by atoms with van der Waals surface area (Å²) in [5.41, 5.74) is 4.18. The lowest BCUT2D eigenvalue weighted by molar-refractivity contribution is 0.0946. The molecule has 24 heavy (non-hydrogen) atoms. The van der Waals surface area contributed by atoms with Crippen molar-refractivity contribution in [3.8, 4) is 11.4 Å². The third kappa shape index (κ3) is 2.79. The van der Waals surface area contributed by atoms with E-state index in [4.69, 9.17) is 0 Å².